The van der Waals surface area contributed by atoms with Gasteiger partial charge in [0.05, 0.1) is 17.9 Å². The van der Waals surface area contributed by atoms with Crippen LogP contribution in [-0.4, -0.2) is 30.4 Å². The second-order valence-corrected chi connectivity index (χ2v) is 5.46. The molecule has 1 amide bonds. The minimum atomic E-state index is -0.405. The fourth-order valence-corrected chi connectivity index (χ4v) is 2.25. The van der Waals surface area contributed by atoms with E-state index in [0.29, 0.717) is 17.9 Å². The molecule has 0 aliphatic heterocycles. The zero-order chi connectivity index (χ0) is 14.5. The average molecular weight is 279 g/mol. The highest BCUT2D eigenvalue weighted by Crippen LogP contribution is 2.29. The molecule has 0 atom stereocenters. The van der Waals surface area contributed by atoms with Crippen LogP contribution in [0.1, 0.15) is 26.2 Å². The number of carbonyl (C=O) groups is 1. The Bertz CT molecular complexity index is 474. The van der Waals surface area contributed by atoms with Crippen LogP contribution in [0, 0.1) is 11.7 Å². The highest BCUT2D eigenvalue weighted by atomic mass is 19.1. The molecular weight excluding hydrogens is 257 g/mol. The van der Waals surface area contributed by atoms with Crippen LogP contribution in [0.2, 0.25) is 0 Å². The summed E-state index contributed by atoms with van der Waals surface area (Å²) in [6.45, 7) is 4.31. The number of nitrogen functional groups attached to an aromatic ring is 1. The molecule has 4 nitrogen and oxygen atoms in total. The number of amides is 1. The Labute approximate surface area is 119 Å². The topological polar surface area (TPSA) is 58.4 Å². The molecule has 1 saturated carbocycles. The van der Waals surface area contributed by atoms with Gasteiger partial charge in [-0.1, -0.05) is 6.92 Å². The molecule has 0 unspecified atom stereocenters. The molecule has 3 N–H and O–H groups in total. The van der Waals surface area contributed by atoms with Gasteiger partial charge in [0.1, 0.15) is 5.82 Å². The first-order valence-corrected chi connectivity index (χ1v) is 7.15. The second kappa shape index (κ2) is 6.70. The van der Waals surface area contributed by atoms with E-state index in [1.165, 1.54) is 31.0 Å². The molecule has 1 aromatic carbocycles. The van der Waals surface area contributed by atoms with Crippen LogP contribution < -0.4 is 11.1 Å². The highest BCUT2D eigenvalue weighted by Gasteiger charge is 2.24. The van der Waals surface area contributed by atoms with Gasteiger partial charge in [0.2, 0.25) is 5.91 Å². The first kappa shape index (κ1) is 14.8. The summed E-state index contributed by atoms with van der Waals surface area (Å²) >= 11 is 0. The third kappa shape index (κ3) is 4.49. The van der Waals surface area contributed by atoms with Crippen LogP contribution in [0.3, 0.4) is 0 Å². The Morgan fingerprint density at radius 1 is 1.50 bits per heavy atom. The molecule has 0 radical (unpaired) electrons. The monoisotopic (exact) mass is 279 g/mol. The summed E-state index contributed by atoms with van der Waals surface area (Å²) in [5.41, 5.74) is 6.45. The van der Waals surface area contributed by atoms with Crippen molar-refractivity contribution in [2.45, 2.75) is 26.2 Å². The van der Waals surface area contributed by atoms with Crippen LogP contribution in [0.5, 0.6) is 0 Å². The van der Waals surface area contributed by atoms with Crippen molar-refractivity contribution < 1.29 is 9.18 Å². The number of halogens is 1. The Kier molecular flexibility index (Phi) is 4.95. The summed E-state index contributed by atoms with van der Waals surface area (Å²) in [4.78, 5) is 14.2. The van der Waals surface area contributed by atoms with Crippen LogP contribution in [-0.2, 0) is 4.79 Å². The van der Waals surface area contributed by atoms with Crippen molar-refractivity contribution in [1.82, 2.24) is 4.90 Å². The van der Waals surface area contributed by atoms with Crippen LogP contribution >= 0.6 is 0 Å². The smallest absolute Gasteiger partial charge is 0.238 e. The number of hydrogen-bond donors (Lipinski definition) is 2. The Morgan fingerprint density at radius 3 is 2.90 bits per heavy atom. The standard InChI is InChI=1S/C15H22FN3O/c1-2-7-19(9-11-3-4-11)10-15(20)18-14-8-12(16)5-6-13(14)17/h5-6,8,11H,2-4,7,9-10,17H2,1H3,(H,18,20). The molecule has 2 rings (SSSR count). The molecule has 0 saturated heterocycles. The van der Waals surface area contributed by atoms with E-state index in [2.05, 4.69) is 17.1 Å². The maximum atomic E-state index is 13.1. The lowest BCUT2D eigenvalue weighted by atomic mass is 10.2. The van der Waals surface area contributed by atoms with Gasteiger partial charge >= 0.3 is 0 Å². The molecule has 1 aliphatic rings. The lowest BCUT2D eigenvalue weighted by Crippen LogP contribution is -2.35. The van der Waals surface area contributed by atoms with Crippen LogP contribution in [0.25, 0.3) is 0 Å². The lowest BCUT2D eigenvalue weighted by molar-refractivity contribution is -0.117. The van der Waals surface area contributed by atoms with Gasteiger partial charge < -0.3 is 11.1 Å². The van der Waals surface area contributed by atoms with Crippen LogP contribution in [0.15, 0.2) is 18.2 Å². The van der Waals surface area contributed by atoms with Gasteiger partial charge in [-0.15, -0.1) is 0 Å². The summed E-state index contributed by atoms with van der Waals surface area (Å²) in [6.07, 6.45) is 3.54. The number of rotatable bonds is 7. The van der Waals surface area contributed by atoms with E-state index in [-0.39, 0.29) is 5.91 Å². The fourth-order valence-electron chi connectivity index (χ4n) is 2.25. The largest absolute Gasteiger partial charge is 0.397 e. The fraction of sp³-hybridized carbons (Fsp3) is 0.533. The van der Waals surface area contributed by atoms with Crippen molar-refractivity contribution in [1.29, 1.82) is 0 Å². The minimum Gasteiger partial charge on any atom is -0.397 e. The summed E-state index contributed by atoms with van der Waals surface area (Å²) in [5, 5.41) is 2.69. The van der Waals surface area contributed by atoms with Gasteiger partial charge in [0.25, 0.3) is 0 Å². The lowest BCUT2D eigenvalue weighted by Gasteiger charge is -2.21. The number of hydrogen-bond acceptors (Lipinski definition) is 3. The van der Waals surface area contributed by atoms with Gasteiger partial charge in [-0.05, 0) is 49.9 Å². The van der Waals surface area contributed by atoms with Crippen molar-refractivity contribution in [3.8, 4) is 0 Å². The van der Waals surface area contributed by atoms with Crippen molar-refractivity contribution in [3.05, 3.63) is 24.0 Å². The van der Waals surface area contributed by atoms with Crippen molar-refractivity contribution in [2.75, 3.05) is 30.7 Å². The molecule has 110 valence electrons. The second-order valence-electron chi connectivity index (χ2n) is 5.46. The van der Waals surface area contributed by atoms with Crippen molar-refractivity contribution in [3.63, 3.8) is 0 Å². The normalized spacial score (nSPS) is 14.6. The molecule has 1 aliphatic carbocycles. The van der Waals surface area contributed by atoms with E-state index < -0.39 is 5.82 Å². The molecule has 0 heterocycles. The maximum absolute atomic E-state index is 13.1. The van der Waals surface area contributed by atoms with Gasteiger partial charge in [-0.2, -0.15) is 0 Å². The minimum absolute atomic E-state index is 0.142. The van der Waals surface area contributed by atoms with E-state index in [1.807, 2.05) is 0 Å². The van der Waals surface area contributed by atoms with Gasteiger partial charge in [-0.3, -0.25) is 9.69 Å². The number of nitrogens with two attached hydrogens (primary N) is 1. The zero-order valence-corrected chi connectivity index (χ0v) is 11.9. The number of benzene rings is 1. The third-order valence-corrected chi connectivity index (χ3v) is 3.41. The summed E-state index contributed by atoms with van der Waals surface area (Å²) in [6, 6.07) is 3.98. The first-order valence-electron chi connectivity index (χ1n) is 7.15. The Hall–Kier alpha value is -1.62. The quantitative estimate of drug-likeness (QED) is 0.754. The van der Waals surface area contributed by atoms with Gasteiger partial charge in [0.15, 0.2) is 0 Å². The predicted octanol–water partition coefficient (Wildman–Crippen LogP) is 2.47. The number of nitrogens with one attached hydrogen (secondary N) is 1. The molecular formula is C15H22FN3O. The average Bonchev–Trinajstić information content (AvgIpc) is 3.18. The first-order chi connectivity index (χ1) is 9.58. The molecule has 5 heteroatoms. The third-order valence-electron chi connectivity index (χ3n) is 3.41. The van der Waals surface area contributed by atoms with Gasteiger partial charge in [0, 0.05) is 6.54 Å². The Balaban J connectivity index is 1.90. The SMILES string of the molecule is CCCN(CC(=O)Nc1cc(F)ccc1N)CC1CC1. The summed E-state index contributed by atoms with van der Waals surface area (Å²) in [7, 11) is 0. The van der Waals surface area contributed by atoms with Crippen molar-refractivity contribution in [2.24, 2.45) is 5.92 Å². The number of anilines is 2. The molecule has 20 heavy (non-hydrogen) atoms. The van der Waals surface area contributed by atoms with E-state index in [9.17, 15) is 9.18 Å². The molecule has 1 aromatic rings. The highest BCUT2D eigenvalue weighted by molar-refractivity contribution is 5.95. The zero-order valence-electron chi connectivity index (χ0n) is 11.9. The number of carbonyl (C=O) groups excluding carboxylic acids is 1. The maximum Gasteiger partial charge on any atom is 0.238 e. The molecule has 1 fully saturated rings. The van der Waals surface area contributed by atoms with Crippen LogP contribution in [0.4, 0.5) is 15.8 Å². The molecule has 0 aromatic heterocycles. The summed E-state index contributed by atoms with van der Waals surface area (Å²) in [5.74, 6) is 0.197. The van der Waals surface area contributed by atoms with Crippen molar-refractivity contribution >= 4 is 17.3 Å². The molecule has 0 bridgehead atoms. The van der Waals surface area contributed by atoms with E-state index in [4.69, 9.17) is 5.73 Å². The van der Waals surface area contributed by atoms with E-state index in [0.717, 1.165) is 25.4 Å². The van der Waals surface area contributed by atoms with E-state index >= 15 is 0 Å². The van der Waals surface area contributed by atoms with Gasteiger partial charge in [-0.25, -0.2) is 4.39 Å². The molecule has 0 spiro atoms. The Morgan fingerprint density at radius 2 is 2.25 bits per heavy atom. The van der Waals surface area contributed by atoms with E-state index in [1.54, 1.807) is 0 Å². The number of nitrogens with zero attached hydrogens (tertiary/aromatic N) is 1. The predicted molar refractivity (Wildman–Crippen MR) is 78.9 cm³/mol. The summed E-state index contributed by atoms with van der Waals surface area (Å²) < 4.78 is 13.1.